The summed E-state index contributed by atoms with van der Waals surface area (Å²) in [7, 11) is 1.64. The molecule has 1 heterocycles. The zero-order valence-corrected chi connectivity index (χ0v) is 14.1. The Balaban J connectivity index is 1.58. The first kappa shape index (κ1) is 16.3. The van der Waals surface area contributed by atoms with Crippen molar-refractivity contribution in [1.82, 2.24) is 19.7 Å². The molecule has 0 aliphatic heterocycles. The minimum absolute atomic E-state index is 0.111. The highest BCUT2D eigenvalue weighted by molar-refractivity contribution is 7.99. The highest BCUT2D eigenvalue weighted by atomic mass is 35.5. The Morgan fingerprint density at radius 1 is 1.52 bits per heavy atom. The molecule has 0 atom stereocenters. The van der Waals surface area contributed by atoms with E-state index in [2.05, 4.69) is 10.2 Å². The number of amides is 1. The summed E-state index contributed by atoms with van der Waals surface area (Å²) in [6.07, 6.45) is 3.96. The molecule has 1 aliphatic carbocycles. The van der Waals surface area contributed by atoms with Gasteiger partial charge in [0.05, 0.1) is 5.75 Å². The summed E-state index contributed by atoms with van der Waals surface area (Å²) in [5, 5.41) is 9.02. The van der Waals surface area contributed by atoms with Crippen LogP contribution in [-0.2, 0) is 11.3 Å². The average molecular weight is 355 g/mol. The molecule has 1 aliphatic rings. The molecule has 1 saturated carbocycles. The zero-order valence-electron chi connectivity index (χ0n) is 12.6. The number of benzene rings is 1. The van der Waals surface area contributed by atoms with Crippen LogP contribution in [0.5, 0.6) is 0 Å². The lowest BCUT2D eigenvalue weighted by Gasteiger charge is -2.18. The van der Waals surface area contributed by atoms with E-state index in [1.54, 1.807) is 25.5 Å². The van der Waals surface area contributed by atoms with Crippen molar-refractivity contribution in [2.24, 2.45) is 0 Å². The molecule has 23 heavy (non-hydrogen) atoms. The standard InChI is InChI=1S/C15H16ClFN4OS/c1-20(7-11-12(16)3-2-4-13(11)17)14(22)8-23-15-19-18-9-21(15)10-5-6-10/h2-4,9-10H,5-8H2,1H3. The predicted molar refractivity (Wildman–Crippen MR) is 86.9 cm³/mol. The molecule has 3 rings (SSSR count). The molecule has 0 spiro atoms. The van der Waals surface area contributed by atoms with Crippen molar-refractivity contribution < 1.29 is 9.18 Å². The van der Waals surface area contributed by atoms with Crippen LogP contribution in [0, 0.1) is 5.82 Å². The Morgan fingerprint density at radius 2 is 2.30 bits per heavy atom. The molecular formula is C15H16ClFN4OS. The largest absolute Gasteiger partial charge is 0.341 e. The van der Waals surface area contributed by atoms with Crippen LogP contribution in [0.2, 0.25) is 5.02 Å². The SMILES string of the molecule is CN(Cc1c(F)cccc1Cl)C(=O)CSc1nncn1C1CC1. The summed E-state index contributed by atoms with van der Waals surface area (Å²) >= 11 is 7.34. The molecule has 0 unspecified atom stereocenters. The van der Waals surface area contributed by atoms with Gasteiger partial charge in [-0.25, -0.2) is 4.39 Å². The fourth-order valence-corrected chi connectivity index (χ4v) is 3.33. The lowest BCUT2D eigenvalue weighted by atomic mass is 10.2. The monoisotopic (exact) mass is 354 g/mol. The summed E-state index contributed by atoms with van der Waals surface area (Å²) in [4.78, 5) is 13.7. The molecule has 0 N–H and O–H groups in total. The molecule has 5 nitrogen and oxygen atoms in total. The Hall–Kier alpha value is -1.60. The summed E-state index contributed by atoms with van der Waals surface area (Å²) in [5.74, 6) is -0.286. The highest BCUT2D eigenvalue weighted by Gasteiger charge is 2.26. The smallest absolute Gasteiger partial charge is 0.233 e. The van der Waals surface area contributed by atoms with Crippen LogP contribution in [0.25, 0.3) is 0 Å². The number of hydrogen-bond donors (Lipinski definition) is 0. The second-order valence-corrected chi connectivity index (χ2v) is 6.84. The highest BCUT2D eigenvalue weighted by Crippen LogP contribution is 2.37. The number of carbonyl (C=O) groups is 1. The van der Waals surface area contributed by atoms with Crippen molar-refractivity contribution >= 4 is 29.3 Å². The fraction of sp³-hybridized carbons (Fsp3) is 0.400. The summed E-state index contributed by atoms with van der Waals surface area (Å²) in [6.45, 7) is 0.139. The number of nitrogens with zero attached hydrogens (tertiary/aromatic N) is 4. The van der Waals surface area contributed by atoms with E-state index < -0.39 is 5.82 Å². The van der Waals surface area contributed by atoms with E-state index in [1.165, 1.54) is 22.7 Å². The average Bonchev–Trinajstić information content (AvgIpc) is 3.27. The summed E-state index contributed by atoms with van der Waals surface area (Å²) < 4.78 is 15.8. The van der Waals surface area contributed by atoms with E-state index in [9.17, 15) is 9.18 Å². The molecule has 2 aromatic rings. The molecule has 1 fully saturated rings. The third-order valence-electron chi connectivity index (χ3n) is 3.69. The van der Waals surface area contributed by atoms with Gasteiger partial charge in [0.25, 0.3) is 0 Å². The first-order valence-corrected chi connectivity index (χ1v) is 8.61. The van der Waals surface area contributed by atoms with E-state index in [1.807, 2.05) is 4.57 Å². The normalized spacial score (nSPS) is 14.0. The second kappa shape index (κ2) is 6.88. The number of thioether (sulfide) groups is 1. The minimum Gasteiger partial charge on any atom is -0.341 e. The van der Waals surface area contributed by atoms with Gasteiger partial charge in [-0.1, -0.05) is 29.4 Å². The molecule has 0 bridgehead atoms. The van der Waals surface area contributed by atoms with Gasteiger partial charge in [-0.15, -0.1) is 10.2 Å². The van der Waals surface area contributed by atoms with Gasteiger partial charge in [0.15, 0.2) is 5.16 Å². The van der Waals surface area contributed by atoms with E-state index in [0.29, 0.717) is 16.6 Å². The quantitative estimate of drug-likeness (QED) is 0.748. The first-order valence-electron chi connectivity index (χ1n) is 7.25. The number of carbonyl (C=O) groups excluding carboxylic acids is 1. The van der Waals surface area contributed by atoms with Gasteiger partial charge >= 0.3 is 0 Å². The van der Waals surface area contributed by atoms with Gasteiger partial charge < -0.3 is 9.47 Å². The van der Waals surface area contributed by atoms with Crippen LogP contribution >= 0.6 is 23.4 Å². The first-order chi connectivity index (χ1) is 11.1. The summed E-state index contributed by atoms with van der Waals surface area (Å²) in [5.41, 5.74) is 0.330. The number of rotatable bonds is 6. The lowest BCUT2D eigenvalue weighted by molar-refractivity contribution is -0.127. The molecule has 0 saturated heterocycles. The Labute approximate surface area is 142 Å². The van der Waals surface area contributed by atoms with Gasteiger partial charge in [0.2, 0.25) is 5.91 Å². The lowest BCUT2D eigenvalue weighted by Crippen LogP contribution is -2.28. The number of halogens is 2. The van der Waals surface area contributed by atoms with Crippen LogP contribution in [0.15, 0.2) is 29.7 Å². The van der Waals surface area contributed by atoms with Gasteiger partial charge in [-0.3, -0.25) is 4.79 Å². The third kappa shape index (κ3) is 3.84. The van der Waals surface area contributed by atoms with Gasteiger partial charge in [-0.05, 0) is 25.0 Å². The maximum atomic E-state index is 13.8. The van der Waals surface area contributed by atoms with Crippen LogP contribution in [0.4, 0.5) is 4.39 Å². The molecule has 1 amide bonds. The van der Waals surface area contributed by atoms with Crippen molar-refractivity contribution in [3.05, 3.63) is 40.9 Å². The Kier molecular flexibility index (Phi) is 4.87. The van der Waals surface area contributed by atoms with Crippen LogP contribution in [-0.4, -0.2) is 38.4 Å². The fourth-order valence-electron chi connectivity index (χ4n) is 2.18. The van der Waals surface area contributed by atoms with E-state index in [0.717, 1.165) is 18.0 Å². The topological polar surface area (TPSA) is 51.0 Å². The molecule has 0 radical (unpaired) electrons. The van der Waals surface area contributed by atoms with E-state index in [-0.39, 0.29) is 18.2 Å². The summed E-state index contributed by atoms with van der Waals surface area (Å²) in [6, 6.07) is 4.97. The van der Waals surface area contributed by atoms with Gasteiger partial charge in [0.1, 0.15) is 12.1 Å². The molecule has 122 valence electrons. The Morgan fingerprint density at radius 3 is 3.00 bits per heavy atom. The van der Waals surface area contributed by atoms with E-state index in [4.69, 9.17) is 11.6 Å². The molecular weight excluding hydrogens is 339 g/mol. The molecule has 1 aromatic carbocycles. The van der Waals surface area contributed by atoms with Crippen molar-refractivity contribution in [3.63, 3.8) is 0 Å². The third-order valence-corrected chi connectivity index (χ3v) is 4.98. The molecule has 1 aromatic heterocycles. The predicted octanol–water partition coefficient (Wildman–Crippen LogP) is 3.16. The van der Waals surface area contributed by atoms with Crippen molar-refractivity contribution in [2.75, 3.05) is 12.8 Å². The Bertz CT molecular complexity index is 699. The zero-order chi connectivity index (χ0) is 16.4. The van der Waals surface area contributed by atoms with Crippen LogP contribution in [0.1, 0.15) is 24.4 Å². The van der Waals surface area contributed by atoms with Crippen molar-refractivity contribution in [2.45, 2.75) is 30.6 Å². The van der Waals surface area contributed by atoms with Crippen LogP contribution in [0.3, 0.4) is 0 Å². The number of aromatic nitrogens is 3. The minimum atomic E-state index is -0.404. The van der Waals surface area contributed by atoms with Gasteiger partial charge in [-0.2, -0.15) is 0 Å². The second-order valence-electron chi connectivity index (χ2n) is 5.49. The van der Waals surface area contributed by atoms with Crippen molar-refractivity contribution in [3.8, 4) is 0 Å². The number of hydrogen-bond acceptors (Lipinski definition) is 4. The van der Waals surface area contributed by atoms with Crippen LogP contribution < -0.4 is 0 Å². The van der Waals surface area contributed by atoms with Gasteiger partial charge in [0, 0.05) is 30.2 Å². The maximum Gasteiger partial charge on any atom is 0.233 e. The molecule has 8 heteroatoms. The van der Waals surface area contributed by atoms with E-state index >= 15 is 0 Å². The maximum absolute atomic E-state index is 13.8. The van der Waals surface area contributed by atoms with Crippen molar-refractivity contribution in [1.29, 1.82) is 0 Å².